The summed E-state index contributed by atoms with van der Waals surface area (Å²) in [5.41, 5.74) is 4.70. The Bertz CT molecular complexity index is 966. The summed E-state index contributed by atoms with van der Waals surface area (Å²) in [6, 6.07) is 15.8. The van der Waals surface area contributed by atoms with Gasteiger partial charge in [0.2, 0.25) is 0 Å². The summed E-state index contributed by atoms with van der Waals surface area (Å²) in [7, 11) is 0. The standard InChI is InChI=1S/C24H27N5O/c1-19-6-7-21(18-26-19)24(30)27-22-4-2-3-5-23(22)29-16-14-28(15-17-29)13-10-20-8-11-25-12-9-20/h2-9,11-12,18H,10,13-17H2,1H3,(H,27,30). The van der Waals surface area contributed by atoms with Crippen molar-refractivity contribution in [2.75, 3.05) is 42.9 Å². The van der Waals surface area contributed by atoms with Gasteiger partial charge in [-0.05, 0) is 55.3 Å². The first-order valence-corrected chi connectivity index (χ1v) is 10.4. The minimum atomic E-state index is -0.133. The van der Waals surface area contributed by atoms with Crippen LogP contribution in [-0.2, 0) is 6.42 Å². The molecule has 0 spiro atoms. The molecule has 1 saturated heterocycles. The van der Waals surface area contributed by atoms with Crippen LogP contribution in [0.15, 0.2) is 67.1 Å². The van der Waals surface area contributed by atoms with E-state index < -0.39 is 0 Å². The highest BCUT2D eigenvalue weighted by atomic mass is 16.1. The first kappa shape index (κ1) is 20.0. The van der Waals surface area contributed by atoms with Crippen molar-refractivity contribution in [1.29, 1.82) is 0 Å². The molecule has 1 fully saturated rings. The molecule has 3 aromatic rings. The van der Waals surface area contributed by atoms with Crippen LogP contribution >= 0.6 is 0 Å². The Morgan fingerprint density at radius 3 is 2.50 bits per heavy atom. The Labute approximate surface area is 177 Å². The number of nitrogens with one attached hydrogen (secondary N) is 1. The number of nitrogens with zero attached hydrogens (tertiary/aromatic N) is 4. The Morgan fingerprint density at radius 2 is 1.77 bits per heavy atom. The number of benzene rings is 1. The van der Waals surface area contributed by atoms with E-state index in [9.17, 15) is 4.79 Å². The Morgan fingerprint density at radius 1 is 1.00 bits per heavy atom. The second kappa shape index (κ2) is 9.50. The maximum atomic E-state index is 12.7. The number of amides is 1. The highest BCUT2D eigenvalue weighted by molar-refractivity contribution is 6.05. The Balaban J connectivity index is 1.36. The smallest absolute Gasteiger partial charge is 0.257 e. The van der Waals surface area contributed by atoms with Gasteiger partial charge in [-0.3, -0.25) is 19.7 Å². The molecule has 6 heteroatoms. The second-order valence-electron chi connectivity index (χ2n) is 7.59. The molecule has 0 saturated carbocycles. The molecule has 0 bridgehead atoms. The van der Waals surface area contributed by atoms with Crippen LogP contribution in [0.25, 0.3) is 0 Å². The molecule has 0 atom stereocenters. The van der Waals surface area contributed by atoms with Crippen LogP contribution in [0, 0.1) is 6.92 Å². The van der Waals surface area contributed by atoms with E-state index in [1.165, 1.54) is 5.56 Å². The third kappa shape index (κ3) is 5.02. The predicted octanol–water partition coefficient (Wildman–Crippen LogP) is 3.40. The average Bonchev–Trinajstić information content (AvgIpc) is 2.79. The van der Waals surface area contributed by atoms with E-state index in [4.69, 9.17) is 0 Å². The second-order valence-corrected chi connectivity index (χ2v) is 7.59. The average molecular weight is 402 g/mol. The third-order valence-electron chi connectivity index (χ3n) is 5.50. The number of hydrogen-bond donors (Lipinski definition) is 1. The van der Waals surface area contributed by atoms with Crippen molar-refractivity contribution in [2.24, 2.45) is 0 Å². The fourth-order valence-electron chi connectivity index (χ4n) is 3.70. The normalized spacial score (nSPS) is 14.5. The van der Waals surface area contributed by atoms with Gasteiger partial charge < -0.3 is 10.2 Å². The molecule has 0 unspecified atom stereocenters. The molecule has 1 aromatic carbocycles. The molecule has 3 heterocycles. The van der Waals surface area contributed by atoms with Gasteiger partial charge in [-0.2, -0.15) is 0 Å². The van der Waals surface area contributed by atoms with Gasteiger partial charge in [-0.25, -0.2) is 0 Å². The minimum Gasteiger partial charge on any atom is -0.367 e. The summed E-state index contributed by atoms with van der Waals surface area (Å²) < 4.78 is 0. The van der Waals surface area contributed by atoms with Crippen LogP contribution < -0.4 is 10.2 Å². The summed E-state index contributed by atoms with van der Waals surface area (Å²) in [6.45, 7) is 6.86. The van der Waals surface area contributed by atoms with E-state index in [0.29, 0.717) is 5.56 Å². The number of rotatable bonds is 6. The number of carbonyl (C=O) groups excluding carboxylic acids is 1. The molecular weight excluding hydrogens is 374 g/mol. The Hall–Kier alpha value is -3.25. The van der Waals surface area contributed by atoms with E-state index in [-0.39, 0.29) is 5.91 Å². The lowest BCUT2D eigenvalue weighted by molar-refractivity contribution is 0.102. The van der Waals surface area contributed by atoms with Crippen LogP contribution in [0.4, 0.5) is 11.4 Å². The Kier molecular flexibility index (Phi) is 6.35. The van der Waals surface area contributed by atoms with E-state index in [0.717, 1.165) is 56.2 Å². The number of pyridine rings is 2. The number of aromatic nitrogens is 2. The van der Waals surface area contributed by atoms with Gasteiger partial charge in [0.15, 0.2) is 0 Å². The van der Waals surface area contributed by atoms with E-state index in [1.54, 1.807) is 6.20 Å². The molecule has 0 aliphatic carbocycles. The van der Waals surface area contributed by atoms with Gasteiger partial charge in [0.25, 0.3) is 5.91 Å². The van der Waals surface area contributed by atoms with Gasteiger partial charge in [-0.15, -0.1) is 0 Å². The quantitative estimate of drug-likeness (QED) is 0.686. The molecule has 4 rings (SSSR count). The molecule has 2 aromatic heterocycles. The van der Waals surface area contributed by atoms with Gasteiger partial charge in [0.05, 0.1) is 16.9 Å². The van der Waals surface area contributed by atoms with Crippen molar-refractivity contribution < 1.29 is 4.79 Å². The van der Waals surface area contributed by atoms with Crippen molar-refractivity contribution in [2.45, 2.75) is 13.3 Å². The largest absolute Gasteiger partial charge is 0.367 e. The van der Waals surface area contributed by atoms with E-state index in [2.05, 4.69) is 43.3 Å². The molecule has 30 heavy (non-hydrogen) atoms. The first-order valence-electron chi connectivity index (χ1n) is 10.4. The number of piperazine rings is 1. The monoisotopic (exact) mass is 401 g/mol. The van der Waals surface area contributed by atoms with Crippen molar-refractivity contribution >= 4 is 17.3 Å². The van der Waals surface area contributed by atoms with Crippen molar-refractivity contribution in [3.63, 3.8) is 0 Å². The number of para-hydroxylation sites is 2. The highest BCUT2D eigenvalue weighted by Gasteiger charge is 2.20. The maximum Gasteiger partial charge on any atom is 0.257 e. The zero-order chi connectivity index (χ0) is 20.8. The summed E-state index contributed by atoms with van der Waals surface area (Å²) in [5.74, 6) is -0.133. The van der Waals surface area contributed by atoms with E-state index >= 15 is 0 Å². The zero-order valence-electron chi connectivity index (χ0n) is 17.3. The SMILES string of the molecule is Cc1ccc(C(=O)Nc2ccccc2N2CCN(CCc3ccncc3)CC2)cn1. The molecule has 6 nitrogen and oxygen atoms in total. The fraction of sp³-hybridized carbons (Fsp3) is 0.292. The summed E-state index contributed by atoms with van der Waals surface area (Å²) in [5, 5.41) is 3.06. The van der Waals surface area contributed by atoms with Gasteiger partial charge in [-0.1, -0.05) is 12.1 Å². The number of hydrogen-bond acceptors (Lipinski definition) is 5. The fourth-order valence-corrected chi connectivity index (χ4v) is 3.70. The first-order chi connectivity index (χ1) is 14.7. The van der Waals surface area contributed by atoms with E-state index in [1.807, 2.05) is 49.6 Å². The molecule has 154 valence electrons. The molecular formula is C24H27N5O. The lowest BCUT2D eigenvalue weighted by Gasteiger charge is -2.37. The van der Waals surface area contributed by atoms with Crippen molar-refractivity contribution in [3.8, 4) is 0 Å². The molecule has 1 aliphatic rings. The van der Waals surface area contributed by atoms with Gasteiger partial charge in [0.1, 0.15) is 0 Å². The number of anilines is 2. The van der Waals surface area contributed by atoms with Crippen LogP contribution in [0.3, 0.4) is 0 Å². The molecule has 0 radical (unpaired) electrons. The number of carbonyl (C=O) groups is 1. The topological polar surface area (TPSA) is 61.4 Å². The van der Waals surface area contributed by atoms with Crippen LogP contribution in [0.1, 0.15) is 21.6 Å². The minimum absolute atomic E-state index is 0.133. The van der Waals surface area contributed by atoms with Crippen molar-refractivity contribution in [1.82, 2.24) is 14.9 Å². The van der Waals surface area contributed by atoms with Crippen LogP contribution in [0.2, 0.25) is 0 Å². The molecule has 1 amide bonds. The third-order valence-corrected chi connectivity index (χ3v) is 5.50. The zero-order valence-corrected chi connectivity index (χ0v) is 17.3. The molecule has 1 N–H and O–H groups in total. The molecule has 1 aliphatic heterocycles. The van der Waals surface area contributed by atoms with Crippen LogP contribution in [0.5, 0.6) is 0 Å². The lowest BCUT2D eigenvalue weighted by Crippen LogP contribution is -2.47. The summed E-state index contributed by atoms with van der Waals surface area (Å²) in [6.07, 6.45) is 6.37. The lowest BCUT2D eigenvalue weighted by atomic mass is 10.1. The van der Waals surface area contributed by atoms with Crippen LogP contribution in [-0.4, -0.2) is 53.5 Å². The highest BCUT2D eigenvalue weighted by Crippen LogP contribution is 2.27. The predicted molar refractivity (Wildman–Crippen MR) is 120 cm³/mol. The maximum absolute atomic E-state index is 12.7. The van der Waals surface area contributed by atoms with Gasteiger partial charge >= 0.3 is 0 Å². The van der Waals surface area contributed by atoms with Gasteiger partial charge in [0, 0.05) is 57.0 Å². The summed E-state index contributed by atoms with van der Waals surface area (Å²) >= 11 is 0. The summed E-state index contributed by atoms with van der Waals surface area (Å²) in [4.78, 5) is 25.8. The number of aryl methyl sites for hydroxylation is 1. The van der Waals surface area contributed by atoms with Crippen molar-refractivity contribution in [3.05, 3.63) is 83.9 Å².